The maximum absolute atomic E-state index is 12.5. The summed E-state index contributed by atoms with van der Waals surface area (Å²) in [5, 5.41) is 10.0. The first-order valence-electron chi connectivity index (χ1n) is 7.56. The first kappa shape index (κ1) is 14.1. The SMILES string of the molecule is O=C(CCc1nnc(-c2cccs2)o1)N1CCc2ccccc21. The molecule has 0 bridgehead atoms. The van der Waals surface area contributed by atoms with Crippen molar-refractivity contribution in [2.24, 2.45) is 0 Å². The van der Waals surface area contributed by atoms with E-state index < -0.39 is 0 Å². The van der Waals surface area contributed by atoms with Crippen LogP contribution in [0.4, 0.5) is 5.69 Å². The lowest BCUT2D eigenvalue weighted by molar-refractivity contribution is -0.118. The van der Waals surface area contributed by atoms with Gasteiger partial charge in [0, 0.05) is 25.1 Å². The van der Waals surface area contributed by atoms with Gasteiger partial charge in [0.25, 0.3) is 5.89 Å². The number of thiophene rings is 1. The van der Waals surface area contributed by atoms with Gasteiger partial charge >= 0.3 is 0 Å². The molecule has 6 heteroatoms. The minimum Gasteiger partial charge on any atom is -0.420 e. The van der Waals surface area contributed by atoms with Crippen molar-refractivity contribution in [2.45, 2.75) is 19.3 Å². The van der Waals surface area contributed by atoms with Gasteiger partial charge in [-0.05, 0) is 29.5 Å². The molecule has 1 amide bonds. The van der Waals surface area contributed by atoms with E-state index in [-0.39, 0.29) is 5.91 Å². The smallest absolute Gasteiger partial charge is 0.257 e. The number of carbonyl (C=O) groups is 1. The van der Waals surface area contributed by atoms with Crippen molar-refractivity contribution in [3.05, 3.63) is 53.2 Å². The molecule has 116 valence electrons. The lowest BCUT2D eigenvalue weighted by atomic mass is 10.2. The van der Waals surface area contributed by atoms with Crippen LogP contribution in [-0.4, -0.2) is 22.6 Å². The van der Waals surface area contributed by atoms with Crippen molar-refractivity contribution in [1.82, 2.24) is 10.2 Å². The fraction of sp³-hybridized carbons (Fsp3) is 0.235. The van der Waals surface area contributed by atoms with E-state index in [1.165, 1.54) is 5.56 Å². The molecular weight excluding hydrogens is 310 g/mol. The largest absolute Gasteiger partial charge is 0.420 e. The standard InChI is InChI=1S/C17H15N3O2S/c21-16(20-10-9-12-4-1-2-5-13(12)20)8-7-15-18-19-17(22-15)14-6-3-11-23-14/h1-6,11H,7-10H2. The third kappa shape index (κ3) is 2.77. The lowest BCUT2D eigenvalue weighted by Crippen LogP contribution is -2.29. The summed E-state index contributed by atoms with van der Waals surface area (Å²) in [5.74, 6) is 1.13. The van der Waals surface area contributed by atoms with E-state index in [4.69, 9.17) is 4.42 Å². The maximum atomic E-state index is 12.5. The summed E-state index contributed by atoms with van der Waals surface area (Å²) in [4.78, 5) is 15.3. The highest BCUT2D eigenvalue weighted by molar-refractivity contribution is 7.13. The predicted octanol–water partition coefficient (Wildman–Crippen LogP) is 3.32. The number of hydrogen-bond acceptors (Lipinski definition) is 5. The van der Waals surface area contributed by atoms with Gasteiger partial charge in [-0.25, -0.2) is 0 Å². The molecule has 0 atom stereocenters. The molecule has 23 heavy (non-hydrogen) atoms. The van der Waals surface area contributed by atoms with Crippen molar-refractivity contribution in [2.75, 3.05) is 11.4 Å². The Hall–Kier alpha value is -2.47. The number of carbonyl (C=O) groups excluding carboxylic acids is 1. The topological polar surface area (TPSA) is 59.2 Å². The summed E-state index contributed by atoms with van der Waals surface area (Å²) >= 11 is 1.56. The van der Waals surface area contributed by atoms with E-state index in [2.05, 4.69) is 16.3 Å². The van der Waals surface area contributed by atoms with Gasteiger partial charge in [0.2, 0.25) is 11.8 Å². The number of hydrogen-bond donors (Lipinski definition) is 0. The summed E-state index contributed by atoms with van der Waals surface area (Å²) in [6.07, 6.45) is 1.77. The van der Waals surface area contributed by atoms with Gasteiger partial charge in [-0.1, -0.05) is 24.3 Å². The Kier molecular flexibility index (Phi) is 3.67. The molecule has 0 spiro atoms. The molecule has 1 aromatic carbocycles. The van der Waals surface area contributed by atoms with Gasteiger partial charge in [-0.15, -0.1) is 21.5 Å². The van der Waals surface area contributed by atoms with Gasteiger partial charge < -0.3 is 9.32 Å². The Balaban J connectivity index is 1.41. The third-order valence-electron chi connectivity index (χ3n) is 3.94. The Bertz CT molecular complexity index is 826. The quantitative estimate of drug-likeness (QED) is 0.738. The zero-order valence-corrected chi connectivity index (χ0v) is 13.3. The molecule has 0 unspecified atom stereocenters. The van der Waals surface area contributed by atoms with Crippen molar-refractivity contribution in [3.8, 4) is 10.8 Å². The minimum atomic E-state index is 0.103. The van der Waals surface area contributed by atoms with Gasteiger partial charge in [0.15, 0.2) is 0 Å². The molecule has 1 aliphatic rings. The molecular formula is C17H15N3O2S. The van der Waals surface area contributed by atoms with Gasteiger partial charge in [-0.3, -0.25) is 4.79 Å². The maximum Gasteiger partial charge on any atom is 0.257 e. The summed E-state index contributed by atoms with van der Waals surface area (Å²) < 4.78 is 5.63. The molecule has 0 N–H and O–H groups in total. The van der Waals surface area contributed by atoms with E-state index in [1.54, 1.807) is 11.3 Å². The molecule has 3 heterocycles. The number of amides is 1. The normalized spacial score (nSPS) is 13.3. The van der Waals surface area contributed by atoms with E-state index in [1.807, 2.05) is 40.6 Å². The summed E-state index contributed by atoms with van der Waals surface area (Å²) in [6, 6.07) is 11.9. The predicted molar refractivity (Wildman–Crippen MR) is 88.4 cm³/mol. The Labute approximate surface area is 137 Å². The molecule has 0 saturated carbocycles. The average Bonchev–Trinajstić information content (AvgIpc) is 3.31. The van der Waals surface area contributed by atoms with Crippen LogP contribution in [-0.2, 0) is 17.6 Å². The Morgan fingerprint density at radius 1 is 1.22 bits per heavy atom. The molecule has 2 aromatic heterocycles. The molecule has 4 rings (SSSR count). The van der Waals surface area contributed by atoms with Crippen LogP contribution in [0.25, 0.3) is 10.8 Å². The minimum absolute atomic E-state index is 0.103. The summed E-state index contributed by atoms with van der Waals surface area (Å²) in [6.45, 7) is 0.752. The highest BCUT2D eigenvalue weighted by Crippen LogP contribution is 2.28. The van der Waals surface area contributed by atoms with Crippen LogP contribution in [0.5, 0.6) is 0 Å². The van der Waals surface area contributed by atoms with Crippen LogP contribution in [0.15, 0.2) is 46.2 Å². The zero-order chi connectivity index (χ0) is 15.6. The number of nitrogens with zero attached hydrogens (tertiary/aromatic N) is 3. The first-order valence-corrected chi connectivity index (χ1v) is 8.44. The summed E-state index contributed by atoms with van der Waals surface area (Å²) in [5.41, 5.74) is 2.26. The fourth-order valence-electron chi connectivity index (χ4n) is 2.80. The van der Waals surface area contributed by atoms with Gasteiger partial charge in [0.05, 0.1) is 4.88 Å². The van der Waals surface area contributed by atoms with E-state index in [0.717, 1.165) is 23.5 Å². The Morgan fingerprint density at radius 3 is 3.00 bits per heavy atom. The lowest BCUT2D eigenvalue weighted by Gasteiger charge is -2.16. The van der Waals surface area contributed by atoms with E-state index >= 15 is 0 Å². The summed E-state index contributed by atoms with van der Waals surface area (Å²) in [7, 11) is 0. The van der Waals surface area contributed by atoms with Crippen molar-refractivity contribution in [3.63, 3.8) is 0 Å². The molecule has 1 aliphatic heterocycles. The fourth-order valence-corrected chi connectivity index (χ4v) is 3.44. The Morgan fingerprint density at radius 2 is 2.13 bits per heavy atom. The number of benzene rings is 1. The van der Waals surface area contributed by atoms with Gasteiger partial charge in [0.1, 0.15) is 0 Å². The number of aromatic nitrogens is 2. The second kappa shape index (κ2) is 5.96. The van der Waals surface area contributed by atoms with E-state index in [9.17, 15) is 4.79 Å². The molecule has 0 radical (unpaired) electrons. The number of aryl methyl sites for hydroxylation is 1. The van der Waals surface area contributed by atoms with Crippen molar-refractivity contribution >= 4 is 22.9 Å². The second-order valence-corrected chi connectivity index (χ2v) is 6.35. The number of fused-ring (bicyclic) bond motifs is 1. The highest BCUT2D eigenvalue weighted by Gasteiger charge is 2.24. The zero-order valence-electron chi connectivity index (χ0n) is 12.4. The van der Waals surface area contributed by atoms with Crippen LogP contribution in [0.3, 0.4) is 0 Å². The molecule has 0 aliphatic carbocycles. The average molecular weight is 325 g/mol. The molecule has 3 aromatic rings. The first-order chi connectivity index (χ1) is 11.3. The van der Waals surface area contributed by atoms with Crippen LogP contribution in [0.1, 0.15) is 17.9 Å². The van der Waals surface area contributed by atoms with Crippen LogP contribution < -0.4 is 4.90 Å². The second-order valence-electron chi connectivity index (χ2n) is 5.40. The monoisotopic (exact) mass is 325 g/mol. The van der Waals surface area contributed by atoms with Gasteiger partial charge in [-0.2, -0.15) is 0 Å². The molecule has 5 nitrogen and oxygen atoms in total. The van der Waals surface area contributed by atoms with Crippen molar-refractivity contribution < 1.29 is 9.21 Å². The third-order valence-corrected chi connectivity index (χ3v) is 4.80. The molecule has 0 saturated heterocycles. The highest BCUT2D eigenvalue weighted by atomic mass is 32.1. The number of para-hydroxylation sites is 1. The van der Waals surface area contributed by atoms with Crippen LogP contribution >= 0.6 is 11.3 Å². The van der Waals surface area contributed by atoms with Crippen molar-refractivity contribution in [1.29, 1.82) is 0 Å². The number of anilines is 1. The molecule has 0 fully saturated rings. The van der Waals surface area contributed by atoms with Crippen LogP contribution in [0.2, 0.25) is 0 Å². The van der Waals surface area contributed by atoms with Crippen LogP contribution in [0, 0.1) is 0 Å². The number of rotatable bonds is 4. The van der Waals surface area contributed by atoms with E-state index in [0.29, 0.717) is 24.6 Å².